The summed E-state index contributed by atoms with van der Waals surface area (Å²) in [5, 5.41) is 24.8. The van der Waals surface area contributed by atoms with Crippen molar-refractivity contribution in [1.29, 1.82) is 0 Å². The van der Waals surface area contributed by atoms with E-state index in [0.29, 0.717) is 19.3 Å². The number of aliphatic hydroxyl groups is 2. The van der Waals surface area contributed by atoms with Crippen LogP contribution in [0.3, 0.4) is 0 Å². The highest BCUT2D eigenvalue weighted by Crippen LogP contribution is 2.23. The maximum absolute atomic E-state index is 13.9. The van der Waals surface area contributed by atoms with E-state index < -0.39 is 84.9 Å². The molecule has 14 nitrogen and oxygen atoms in total. The quantitative estimate of drug-likeness (QED) is 0.274. The van der Waals surface area contributed by atoms with Gasteiger partial charge in [0.15, 0.2) is 6.10 Å². The Hall–Kier alpha value is -3.26. The maximum Gasteiger partial charge on any atom is 0.308 e. The monoisotopic (exact) mass is 611 g/mol. The van der Waals surface area contributed by atoms with Gasteiger partial charge in [0.1, 0.15) is 24.2 Å². The van der Waals surface area contributed by atoms with Gasteiger partial charge in [-0.2, -0.15) is 0 Å². The molecule has 0 aromatic heterocycles. The summed E-state index contributed by atoms with van der Waals surface area (Å²) in [5.41, 5.74) is 0. The zero-order chi connectivity index (χ0) is 32.6. The fourth-order valence-corrected chi connectivity index (χ4v) is 5.42. The Morgan fingerprint density at radius 2 is 1.63 bits per heavy atom. The molecule has 2 heterocycles. The largest absolute Gasteiger partial charge is 0.452 e. The molecule has 5 amide bonds. The van der Waals surface area contributed by atoms with E-state index in [1.807, 2.05) is 6.92 Å². The van der Waals surface area contributed by atoms with E-state index in [0.717, 1.165) is 0 Å². The second-order valence-electron chi connectivity index (χ2n) is 11.9. The molecule has 0 bridgehead atoms. The summed E-state index contributed by atoms with van der Waals surface area (Å²) in [6.07, 6.45) is -2.21. The molecule has 43 heavy (non-hydrogen) atoms. The molecule has 0 aliphatic carbocycles. The Bertz CT molecular complexity index is 1040. The number of aliphatic hydroxyl groups excluding tert-OH is 2. The number of rotatable bonds is 6. The number of amides is 5. The van der Waals surface area contributed by atoms with Crippen LogP contribution in [0.4, 0.5) is 0 Å². The molecular weight excluding hydrogens is 562 g/mol. The van der Waals surface area contributed by atoms with Crippen molar-refractivity contribution in [3.05, 3.63) is 0 Å². The summed E-state index contributed by atoms with van der Waals surface area (Å²) in [6.45, 7) is 8.14. The van der Waals surface area contributed by atoms with Gasteiger partial charge in [-0.15, -0.1) is 0 Å². The van der Waals surface area contributed by atoms with Gasteiger partial charge in [0.05, 0.1) is 19.1 Å². The molecule has 2 saturated heterocycles. The molecule has 0 unspecified atom stereocenters. The topological polar surface area (TPSA) is 186 Å². The number of fused-ring (bicyclic) bond motifs is 1. The average Bonchev–Trinajstić information content (AvgIpc) is 3.46. The minimum absolute atomic E-state index is 0.148. The Balaban J connectivity index is 2.54. The Kier molecular flexibility index (Phi) is 13.4. The second-order valence-corrected chi connectivity index (χ2v) is 11.9. The van der Waals surface area contributed by atoms with Gasteiger partial charge in [0.25, 0.3) is 5.91 Å². The fourth-order valence-electron chi connectivity index (χ4n) is 5.42. The number of likely N-dealkylation sites (N-methyl/N-ethyl adjacent to an activating group) is 2. The molecule has 2 fully saturated rings. The van der Waals surface area contributed by atoms with Crippen molar-refractivity contribution in [2.45, 2.75) is 103 Å². The first kappa shape index (κ1) is 35.9. The van der Waals surface area contributed by atoms with Gasteiger partial charge >= 0.3 is 5.97 Å². The number of esters is 1. The van der Waals surface area contributed by atoms with Gasteiger partial charge in [0.2, 0.25) is 23.6 Å². The molecule has 0 radical (unpaired) electrons. The molecule has 14 heteroatoms. The lowest BCUT2D eigenvalue weighted by Crippen LogP contribution is -2.60. The minimum Gasteiger partial charge on any atom is -0.452 e. The molecule has 244 valence electrons. The van der Waals surface area contributed by atoms with Crippen molar-refractivity contribution in [3.8, 4) is 0 Å². The van der Waals surface area contributed by atoms with Crippen molar-refractivity contribution >= 4 is 35.5 Å². The standard InChI is InChI=1S/C29H49N5O9/c1-8-17(4)23-28(41)33(7)24(16(2)3)29(42)32(6)18(5)25(38)30-12-11-22(37)43-21(14-19(36)15-35)27(40)34-13-9-10-20(34)26(39)31-23/h16-21,23-24,35-36H,8-15H2,1-7H3,(H,30,38)(H,31,39)/t17-,18+,19-,20-,21-,23-,24+/m0/s1. The SMILES string of the molecule is CC[C@H](C)[C@@H]1NC(=O)[C@@H]2CCCN2C(=O)[C@H](C[C@H](O)CO)OC(=O)CCNC(=O)[C@@H](C)N(C)C(=O)[C@@H](C(C)C)N(C)C1=O. The van der Waals surface area contributed by atoms with Gasteiger partial charge in [-0.05, 0) is 31.6 Å². The molecule has 0 spiro atoms. The molecule has 2 rings (SSSR count). The molecule has 0 aromatic rings. The summed E-state index contributed by atoms with van der Waals surface area (Å²) < 4.78 is 5.38. The number of ether oxygens (including phenoxy) is 1. The van der Waals surface area contributed by atoms with Crippen LogP contribution < -0.4 is 10.6 Å². The van der Waals surface area contributed by atoms with E-state index in [9.17, 15) is 39.0 Å². The average molecular weight is 612 g/mol. The zero-order valence-corrected chi connectivity index (χ0v) is 26.4. The smallest absolute Gasteiger partial charge is 0.308 e. The Morgan fingerprint density at radius 1 is 0.977 bits per heavy atom. The van der Waals surface area contributed by atoms with Crippen LogP contribution in [0.2, 0.25) is 0 Å². The molecular formula is C29H49N5O9. The van der Waals surface area contributed by atoms with E-state index in [1.54, 1.807) is 20.8 Å². The maximum atomic E-state index is 13.9. The van der Waals surface area contributed by atoms with Crippen molar-refractivity contribution in [3.63, 3.8) is 0 Å². The number of nitrogens with zero attached hydrogens (tertiary/aromatic N) is 3. The van der Waals surface area contributed by atoms with Crippen molar-refractivity contribution in [2.24, 2.45) is 11.8 Å². The van der Waals surface area contributed by atoms with Crippen molar-refractivity contribution < 1.29 is 43.7 Å². The normalized spacial score (nSPS) is 28.9. The first-order valence-electron chi connectivity index (χ1n) is 15.1. The Labute approximate surface area is 253 Å². The van der Waals surface area contributed by atoms with Crippen LogP contribution in [0, 0.1) is 11.8 Å². The summed E-state index contributed by atoms with van der Waals surface area (Å²) >= 11 is 0. The van der Waals surface area contributed by atoms with Crippen molar-refractivity contribution in [1.82, 2.24) is 25.3 Å². The van der Waals surface area contributed by atoms with Crippen LogP contribution in [-0.4, -0.2) is 131 Å². The summed E-state index contributed by atoms with van der Waals surface area (Å²) in [4.78, 5) is 84.1. The van der Waals surface area contributed by atoms with Crippen LogP contribution in [-0.2, 0) is 33.5 Å². The minimum atomic E-state index is -1.48. The summed E-state index contributed by atoms with van der Waals surface area (Å²) in [7, 11) is 2.96. The van der Waals surface area contributed by atoms with E-state index in [4.69, 9.17) is 4.74 Å². The van der Waals surface area contributed by atoms with E-state index >= 15 is 0 Å². The number of carbonyl (C=O) groups is 6. The molecule has 0 saturated carbocycles. The lowest BCUT2D eigenvalue weighted by atomic mass is 9.94. The van der Waals surface area contributed by atoms with E-state index in [2.05, 4.69) is 10.6 Å². The van der Waals surface area contributed by atoms with Gasteiger partial charge in [0, 0.05) is 33.6 Å². The highest BCUT2D eigenvalue weighted by molar-refractivity contribution is 5.96. The third-order valence-electron chi connectivity index (χ3n) is 8.45. The lowest BCUT2D eigenvalue weighted by Gasteiger charge is -2.38. The molecule has 4 N–H and O–H groups in total. The van der Waals surface area contributed by atoms with Crippen LogP contribution in [0.15, 0.2) is 0 Å². The van der Waals surface area contributed by atoms with Gasteiger partial charge in [-0.3, -0.25) is 28.8 Å². The highest BCUT2D eigenvalue weighted by atomic mass is 16.5. The molecule has 0 aromatic carbocycles. The van der Waals surface area contributed by atoms with Gasteiger partial charge in [-0.25, -0.2) is 0 Å². The van der Waals surface area contributed by atoms with Crippen molar-refractivity contribution in [2.75, 3.05) is 33.8 Å². The predicted molar refractivity (Wildman–Crippen MR) is 155 cm³/mol. The predicted octanol–water partition coefficient (Wildman–Crippen LogP) is -0.987. The van der Waals surface area contributed by atoms with Crippen LogP contribution in [0.25, 0.3) is 0 Å². The highest BCUT2D eigenvalue weighted by Gasteiger charge is 2.43. The molecule has 7 atom stereocenters. The zero-order valence-electron chi connectivity index (χ0n) is 26.4. The third kappa shape index (κ3) is 8.88. The number of carbonyl (C=O) groups excluding carboxylic acids is 6. The summed E-state index contributed by atoms with van der Waals surface area (Å²) in [6, 6.07) is -3.84. The van der Waals surface area contributed by atoms with Crippen LogP contribution in [0.5, 0.6) is 0 Å². The van der Waals surface area contributed by atoms with Crippen LogP contribution in [0.1, 0.15) is 66.7 Å². The Morgan fingerprint density at radius 3 is 2.21 bits per heavy atom. The number of nitrogens with one attached hydrogen (secondary N) is 2. The number of cyclic esters (lactones) is 1. The van der Waals surface area contributed by atoms with Gasteiger partial charge in [-0.1, -0.05) is 34.1 Å². The second kappa shape index (κ2) is 16.0. The summed E-state index contributed by atoms with van der Waals surface area (Å²) in [5.74, 6) is -4.22. The van der Waals surface area contributed by atoms with Gasteiger partial charge < -0.3 is 40.3 Å². The third-order valence-corrected chi connectivity index (χ3v) is 8.45. The first-order chi connectivity index (χ1) is 20.2. The lowest BCUT2D eigenvalue weighted by molar-refractivity contribution is -0.163. The number of hydrogen-bond acceptors (Lipinski definition) is 9. The number of hydrogen-bond donors (Lipinski definition) is 4. The van der Waals surface area contributed by atoms with Crippen LogP contribution >= 0.6 is 0 Å². The molecule has 2 aliphatic rings. The van der Waals surface area contributed by atoms with E-state index in [-0.39, 0.29) is 31.3 Å². The van der Waals surface area contributed by atoms with E-state index in [1.165, 1.54) is 35.7 Å². The molecule has 2 aliphatic heterocycles. The first-order valence-corrected chi connectivity index (χ1v) is 15.1. The fraction of sp³-hybridized carbons (Fsp3) is 0.793.